The van der Waals surface area contributed by atoms with Crippen LogP contribution >= 0.6 is 0 Å². The Balaban J connectivity index is 2.32. The van der Waals surface area contributed by atoms with Crippen LogP contribution in [0.15, 0.2) is 12.3 Å². The third-order valence-corrected chi connectivity index (χ3v) is 2.74. The fourth-order valence-electron chi connectivity index (χ4n) is 2.06. The van der Waals surface area contributed by atoms with Crippen LogP contribution in [-0.2, 0) is 12.8 Å². The maximum atomic E-state index is 5.62. The first-order valence-corrected chi connectivity index (χ1v) is 5.51. The number of ether oxygens (including phenoxy) is 1. The zero-order chi connectivity index (χ0) is 9.80. The lowest BCUT2D eigenvalue weighted by Crippen LogP contribution is -2.01. The van der Waals surface area contributed by atoms with E-state index in [-0.39, 0.29) is 0 Å². The molecular weight excluding hydrogens is 174 g/mol. The Bertz CT molecular complexity index is 309. The standard InChI is InChI=1S/C12H17NO/c1-2-14-12-8-9-13-11-7-5-3-4-6-10(11)12/h8-9H,2-7H2,1H3. The summed E-state index contributed by atoms with van der Waals surface area (Å²) < 4.78 is 5.62. The monoisotopic (exact) mass is 191 g/mol. The lowest BCUT2D eigenvalue weighted by Gasteiger charge is -2.11. The van der Waals surface area contributed by atoms with E-state index in [4.69, 9.17) is 4.74 Å². The van der Waals surface area contributed by atoms with Crippen LogP contribution in [0, 0.1) is 0 Å². The maximum Gasteiger partial charge on any atom is 0.125 e. The smallest absolute Gasteiger partial charge is 0.125 e. The zero-order valence-corrected chi connectivity index (χ0v) is 8.75. The van der Waals surface area contributed by atoms with Gasteiger partial charge in [0.15, 0.2) is 0 Å². The van der Waals surface area contributed by atoms with Crippen molar-refractivity contribution in [3.63, 3.8) is 0 Å². The van der Waals surface area contributed by atoms with Gasteiger partial charge in [0, 0.05) is 17.5 Å². The van der Waals surface area contributed by atoms with E-state index >= 15 is 0 Å². The number of pyridine rings is 1. The predicted molar refractivity (Wildman–Crippen MR) is 56.7 cm³/mol. The van der Waals surface area contributed by atoms with E-state index in [1.54, 1.807) is 0 Å². The lowest BCUT2D eigenvalue weighted by molar-refractivity contribution is 0.335. The molecule has 1 aliphatic rings. The summed E-state index contributed by atoms with van der Waals surface area (Å²) in [4.78, 5) is 4.44. The molecule has 0 bridgehead atoms. The molecule has 0 aliphatic heterocycles. The Morgan fingerprint density at radius 3 is 3.00 bits per heavy atom. The first-order chi connectivity index (χ1) is 6.92. The summed E-state index contributed by atoms with van der Waals surface area (Å²) in [6, 6.07) is 1.99. The van der Waals surface area contributed by atoms with Crippen LogP contribution in [0.4, 0.5) is 0 Å². The average Bonchev–Trinajstić information content (AvgIpc) is 2.44. The molecule has 0 unspecified atom stereocenters. The van der Waals surface area contributed by atoms with Crippen LogP contribution in [-0.4, -0.2) is 11.6 Å². The number of hydrogen-bond donors (Lipinski definition) is 0. The molecule has 0 saturated heterocycles. The molecule has 0 spiro atoms. The van der Waals surface area contributed by atoms with E-state index in [1.807, 2.05) is 19.2 Å². The van der Waals surface area contributed by atoms with Gasteiger partial charge in [-0.15, -0.1) is 0 Å². The number of aryl methyl sites for hydroxylation is 1. The molecule has 14 heavy (non-hydrogen) atoms. The van der Waals surface area contributed by atoms with Crippen LogP contribution in [0.5, 0.6) is 5.75 Å². The lowest BCUT2D eigenvalue weighted by atomic mass is 10.1. The van der Waals surface area contributed by atoms with Crippen molar-refractivity contribution in [3.8, 4) is 5.75 Å². The Hall–Kier alpha value is -1.05. The van der Waals surface area contributed by atoms with Crippen molar-refractivity contribution < 1.29 is 4.74 Å². The van der Waals surface area contributed by atoms with Crippen LogP contribution < -0.4 is 4.74 Å². The van der Waals surface area contributed by atoms with E-state index in [1.165, 1.54) is 30.5 Å². The molecule has 2 nitrogen and oxygen atoms in total. The van der Waals surface area contributed by atoms with Gasteiger partial charge in [-0.25, -0.2) is 0 Å². The Morgan fingerprint density at radius 1 is 1.29 bits per heavy atom. The van der Waals surface area contributed by atoms with Crippen LogP contribution in [0.2, 0.25) is 0 Å². The van der Waals surface area contributed by atoms with Crippen molar-refractivity contribution in [2.45, 2.75) is 39.0 Å². The molecule has 0 N–H and O–H groups in total. The Morgan fingerprint density at radius 2 is 2.14 bits per heavy atom. The third kappa shape index (κ3) is 1.89. The number of aromatic nitrogens is 1. The number of hydrogen-bond acceptors (Lipinski definition) is 2. The van der Waals surface area contributed by atoms with Gasteiger partial charge in [0.05, 0.1) is 6.61 Å². The van der Waals surface area contributed by atoms with Gasteiger partial charge in [-0.05, 0) is 38.7 Å². The molecule has 76 valence electrons. The summed E-state index contributed by atoms with van der Waals surface area (Å²) in [5, 5.41) is 0. The second-order valence-corrected chi connectivity index (χ2v) is 3.73. The van der Waals surface area contributed by atoms with Gasteiger partial charge < -0.3 is 4.74 Å². The SMILES string of the molecule is CCOc1ccnc2c1CCCCC2. The van der Waals surface area contributed by atoms with Gasteiger partial charge in [0.25, 0.3) is 0 Å². The van der Waals surface area contributed by atoms with Crippen molar-refractivity contribution in [3.05, 3.63) is 23.5 Å². The molecule has 0 aromatic carbocycles. The summed E-state index contributed by atoms with van der Waals surface area (Å²) in [6.07, 6.45) is 8.00. The zero-order valence-electron chi connectivity index (χ0n) is 8.75. The quantitative estimate of drug-likeness (QED) is 0.670. The Kier molecular flexibility index (Phi) is 3.02. The largest absolute Gasteiger partial charge is 0.493 e. The van der Waals surface area contributed by atoms with Gasteiger partial charge in [0.2, 0.25) is 0 Å². The fourth-order valence-corrected chi connectivity index (χ4v) is 2.06. The van der Waals surface area contributed by atoms with Crippen LogP contribution in [0.1, 0.15) is 37.4 Å². The Labute approximate surface area is 85.3 Å². The van der Waals surface area contributed by atoms with Crippen LogP contribution in [0.25, 0.3) is 0 Å². The molecule has 1 heterocycles. The minimum atomic E-state index is 0.746. The van der Waals surface area contributed by atoms with Gasteiger partial charge in [-0.2, -0.15) is 0 Å². The van der Waals surface area contributed by atoms with Crippen molar-refractivity contribution in [2.24, 2.45) is 0 Å². The topological polar surface area (TPSA) is 22.1 Å². The van der Waals surface area contributed by atoms with Crippen molar-refractivity contribution in [2.75, 3.05) is 6.61 Å². The summed E-state index contributed by atoms with van der Waals surface area (Å²) in [7, 11) is 0. The van der Waals surface area contributed by atoms with E-state index in [0.717, 1.165) is 25.2 Å². The van der Waals surface area contributed by atoms with Gasteiger partial charge in [-0.3, -0.25) is 4.98 Å². The highest BCUT2D eigenvalue weighted by atomic mass is 16.5. The van der Waals surface area contributed by atoms with Crippen LogP contribution in [0.3, 0.4) is 0 Å². The normalized spacial score (nSPS) is 15.8. The maximum absolute atomic E-state index is 5.62. The molecule has 1 aromatic rings. The number of nitrogens with zero attached hydrogens (tertiary/aromatic N) is 1. The molecule has 0 atom stereocenters. The van der Waals surface area contributed by atoms with E-state index in [0.29, 0.717) is 0 Å². The van der Waals surface area contributed by atoms with Crippen molar-refractivity contribution in [1.29, 1.82) is 0 Å². The highest BCUT2D eigenvalue weighted by Crippen LogP contribution is 2.27. The van der Waals surface area contributed by atoms with E-state index in [9.17, 15) is 0 Å². The highest BCUT2D eigenvalue weighted by molar-refractivity contribution is 5.36. The van der Waals surface area contributed by atoms with Gasteiger partial charge >= 0.3 is 0 Å². The fraction of sp³-hybridized carbons (Fsp3) is 0.583. The summed E-state index contributed by atoms with van der Waals surface area (Å²) in [6.45, 7) is 2.78. The second-order valence-electron chi connectivity index (χ2n) is 3.73. The van der Waals surface area contributed by atoms with E-state index in [2.05, 4.69) is 4.98 Å². The summed E-state index contributed by atoms with van der Waals surface area (Å²) in [5.74, 6) is 1.06. The van der Waals surface area contributed by atoms with E-state index < -0.39 is 0 Å². The third-order valence-electron chi connectivity index (χ3n) is 2.74. The van der Waals surface area contributed by atoms with Gasteiger partial charge in [-0.1, -0.05) is 6.42 Å². The van der Waals surface area contributed by atoms with Crippen molar-refractivity contribution in [1.82, 2.24) is 4.98 Å². The molecule has 0 saturated carbocycles. The molecule has 2 heteroatoms. The molecule has 1 aliphatic carbocycles. The molecule has 1 aromatic heterocycles. The molecular formula is C12H17NO. The van der Waals surface area contributed by atoms with Gasteiger partial charge in [0.1, 0.15) is 5.75 Å². The molecule has 2 rings (SSSR count). The molecule has 0 amide bonds. The first-order valence-electron chi connectivity index (χ1n) is 5.51. The first kappa shape index (κ1) is 9.50. The highest BCUT2D eigenvalue weighted by Gasteiger charge is 2.13. The second kappa shape index (κ2) is 4.45. The molecule has 0 fully saturated rings. The molecule has 0 radical (unpaired) electrons. The average molecular weight is 191 g/mol. The summed E-state index contributed by atoms with van der Waals surface area (Å²) >= 11 is 0. The minimum Gasteiger partial charge on any atom is -0.493 e. The van der Waals surface area contributed by atoms with Crippen molar-refractivity contribution >= 4 is 0 Å². The summed E-state index contributed by atoms with van der Waals surface area (Å²) in [5.41, 5.74) is 2.61. The number of fused-ring (bicyclic) bond motifs is 1. The predicted octanol–water partition coefficient (Wildman–Crippen LogP) is 2.75. The minimum absolute atomic E-state index is 0.746. The number of rotatable bonds is 2.